The predicted molar refractivity (Wildman–Crippen MR) is 139 cm³/mol. The van der Waals surface area contributed by atoms with Crippen molar-refractivity contribution in [2.24, 2.45) is 0 Å². The first-order chi connectivity index (χ1) is 16.8. The Kier molecular flexibility index (Phi) is 7.24. The van der Waals surface area contributed by atoms with Crippen LogP contribution in [0.5, 0.6) is 5.75 Å². The molecule has 0 saturated heterocycles. The van der Waals surface area contributed by atoms with Crippen LogP contribution in [0.2, 0.25) is 5.02 Å². The lowest BCUT2D eigenvalue weighted by Gasteiger charge is -2.28. The van der Waals surface area contributed by atoms with E-state index in [1.165, 1.54) is 31.4 Å². The molecule has 0 aliphatic rings. The van der Waals surface area contributed by atoms with Crippen molar-refractivity contribution in [3.05, 3.63) is 125 Å². The number of amides is 1. The molecular weight excluding hydrogens is 482 g/mol. The van der Waals surface area contributed by atoms with Gasteiger partial charge in [0.25, 0.3) is 15.9 Å². The van der Waals surface area contributed by atoms with Crippen LogP contribution in [0.25, 0.3) is 0 Å². The molecule has 0 aliphatic carbocycles. The van der Waals surface area contributed by atoms with Crippen LogP contribution in [0.4, 0.5) is 5.69 Å². The van der Waals surface area contributed by atoms with Gasteiger partial charge in [0.15, 0.2) is 0 Å². The molecule has 4 rings (SSSR count). The summed E-state index contributed by atoms with van der Waals surface area (Å²) in [5.41, 5.74) is 2.37. The van der Waals surface area contributed by atoms with E-state index in [9.17, 15) is 13.2 Å². The molecule has 0 spiro atoms. The van der Waals surface area contributed by atoms with Gasteiger partial charge in [-0.3, -0.25) is 4.79 Å². The molecule has 35 heavy (non-hydrogen) atoms. The minimum atomic E-state index is -4.28. The van der Waals surface area contributed by atoms with E-state index in [0.717, 1.165) is 9.87 Å². The third-order valence-corrected chi connectivity index (χ3v) is 7.68. The van der Waals surface area contributed by atoms with Crippen LogP contribution in [0, 0.1) is 6.92 Å². The van der Waals surface area contributed by atoms with Gasteiger partial charge in [-0.05, 0) is 48.4 Å². The Morgan fingerprint density at radius 1 is 0.829 bits per heavy atom. The van der Waals surface area contributed by atoms with Crippen molar-refractivity contribution in [1.29, 1.82) is 0 Å². The molecule has 0 fully saturated rings. The van der Waals surface area contributed by atoms with Crippen LogP contribution in [-0.2, 0) is 14.8 Å². The van der Waals surface area contributed by atoms with Crippen LogP contribution < -0.4 is 9.04 Å². The van der Waals surface area contributed by atoms with Gasteiger partial charge in [0, 0.05) is 0 Å². The molecule has 0 aromatic heterocycles. The Balaban J connectivity index is 1.93. The molecule has 0 bridgehead atoms. The van der Waals surface area contributed by atoms with Gasteiger partial charge in [-0.1, -0.05) is 90.0 Å². The third-order valence-electron chi connectivity index (χ3n) is 5.64. The number of hydrogen-bond donors (Lipinski definition) is 0. The summed E-state index contributed by atoms with van der Waals surface area (Å²) in [7, 11) is -2.82. The summed E-state index contributed by atoms with van der Waals surface area (Å²) >= 11 is 6.35. The zero-order chi connectivity index (χ0) is 25.0. The van der Waals surface area contributed by atoms with E-state index in [0.29, 0.717) is 16.9 Å². The van der Waals surface area contributed by atoms with Crippen LogP contribution in [0.3, 0.4) is 0 Å². The summed E-state index contributed by atoms with van der Waals surface area (Å²) in [5, 5.41) is 0.192. The minimum Gasteiger partial charge on any atom is -0.495 e. The molecule has 178 valence electrons. The highest BCUT2D eigenvalue weighted by Crippen LogP contribution is 2.36. The number of benzene rings is 4. The molecule has 1 amide bonds. The second kappa shape index (κ2) is 10.3. The lowest BCUT2D eigenvalue weighted by molar-refractivity contribution is -0.118. The van der Waals surface area contributed by atoms with Crippen molar-refractivity contribution in [1.82, 2.24) is 0 Å². The number of rotatable bonds is 7. The van der Waals surface area contributed by atoms with E-state index in [4.69, 9.17) is 16.3 Å². The lowest BCUT2D eigenvalue weighted by Crippen LogP contribution is -2.40. The zero-order valence-corrected chi connectivity index (χ0v) is 20.8. The summed E-state index contributed by atoms with van der Waals surface area (Å²) in [4.78, 5) is 14.3. The Hall–Kier alpha value is -3.61. The third kappa shape index (κ3) is 5.09. The fourth-order valence-electron chi connectivity index (χ4n) is 3.87. The summed E-state index contributed by atoms with van der Waals surface area (Å²) in [6.07, 6.45) is 0. The fourth-order valence-corrected chi connectivity index (χ4v) is 5.54. The van der Waals surface area contributed by atoms with E-state index >= 15 is 0 Å². The van der Waals surface area contributed by atoms with Crippen LogP contribution in [0.15, 0.2) is 108 Å². The Bertz CT molecular complexity index is 1380. The number of carbonyl (C=O) groups excluding carboxylic acids is 1. The predicted octanol–water partition coefficient (Wildman–Crippen LogP) is 6.21. The number of aryl methyl sites for hydroxylation is 1. The van der Waals surface area contributed by atoms with Gasteiger partial charge in [0.2, 0.25) is 0 Å². The smallest absolute Gasteiger partial charge is 0.270 e. The van der Waals surface area contributed by atoms with Gasteiger partial charge < -0.3 is 4.74 Å². The Morgan fingerprint density at radius 2 is 1.37 bits per heavy atom. The standard InChI is InChI=1S/C28H24ClNO4S/c1-20-13-16-24(17-14-20)35(32,33)30(23-15-18-26(34-2)25(29)19-23)28(31)27(21-9-5-3-6-10-21)22-11-7-4-8-12-22/h3-19,27H,1-2H3. The van der Waals surface area contributed by atoms with Crippen molar-refractivity contribution in [2.75, 3.05) is 11.4 Å². The monoisotopic (exact) mass is 505 g/mol. The molecule has 5 nitrogen and oxygen atoms in total. The molecule has 0 aliphatic heterocycles. The molecule has 4 aromatic carbocycles. The topological polar surface area (TPSA) is 63.7 Å². The lowest BCUT2D eigenvalue weighted by atomic mass is 9.90. The van der Waals surface area contributed by atoms with Gasteiger partial charge in [-0.25, -0.2) is 12.7 Å². The van der Waals surface area contributed by atoms with Gasteiger partial charge in [-0.15, -0.1) is 0 Å². The highest BCUT2D eigenvalue weighted by Gasteiger charge is 2.37. The first-order valence-electron chi connectivity index (χ1n) is 10.9. The van der Waals surface area contributed by atoms with Crippen LogP contribution in [-0.4, -0.2) is 21.4 Å². The molecule has 0 unspecified atom stereocenters. The second-order valence-corrected chi connectivity index (χ2v) is 10.2. The molecule has 4 aromatic rings. The second-order valence-electron chi connectivity index (χ2n) is 7.99. The number of halogens is 1. The maximum absolute atomic E-state index is 14.3. The summed E-state index contributed by atoms with van der Waals surface area (Å²) < 4.78 is 34.0. The number of carbonyl (C=O) groups is 1. The average Bonchev–Trinajstić information content (AvgIpc) is 2.86. The Labute approximate surface area is 210 Å². The molecule has 0 heterocycles. The van der Waals surface area contributed by atoms with Crippen molar-refractivity contribution in [2.45, 2.75) is 17.7 Å². The molecule has 0 atom stereocenters. The molecule has 0 saturated carbocycles. The van der Waals surface area contributed by atoms with Crippen LogP contribution >= 0.6 is 11.6 Å². The van der Waals surface area contributed by atoms with Gasteiger partial charge in [0.1, 0.15) is 5.75 Å². The summed E-state index contributed by atoms with van der Waals surface area (Å²) in [6, 6.07) is 29.1. The fraction of sp³-hybridized carbons (Fsp3) is 0.107. The van der Waals surface area contributed by atoms with E-state index in [1.807, 2.05) is 67.6 Å². The quantitative estimate of drug-likeness (QED) is 0.299. The summed E-state index contributed by atoms with van der Waals surface area (Å²) in [6.45, 7) is 1.86. The average molecular weight is 506 g/mol. The van der Waals surface area contributed by atoms with Gasteiger partial charge >= 0.3 is 0 Å². The highest BCUT2D eigenvalue weighted by molar-refractivity contribution is 7.93. The van der Waals surface area contributed by atoms with E-state index in [2.05, 4.69) is 0 Å². The van der Waals surface area contributed by atoms with Gasteiger partial charge in [-0.2, -0.15) is 0 Å². The minimum absolute atomic E-state index is 0.00302. The van der Waals surface area contributed by atoms with Gasteiger partial charge in [0.05, 0.1) is 28.6 Å². The summed E-state index contributed by atoms with van der Waals surface area (Å²) in [5.74, 6) is -1.11. The maximum atomic E-state index is 14.3. The number of ether oxygens (including phenoxy) is 1. The molecule has 0 N–H and O–H groups in total. The number of sulfonamides is 1. The number of nitrogens with zero attached hydrogens (tertiary/aromatic N) is 1. The molecule has 0 radical (unpaired) electrons. The van der Waals surface area contributed by atoms with E-state index in [-0.39, 0.29) is 15.6 Å². The van der Waals surface area contributed by atoms with E-state index in [1.54, 1.807) is 18.2 Å². The zero-order valence-electron chi connectivity index (χ0n) is 19.3. The molecule has 7 heteroatoms. The number of methoxy groups -OCH3 is 1. The number of hydrogen-bond acceptors (Lipinski definition) is 4. The Morgan fingerprint density at radius 3 is 1.86 bits per heavy atom. The van der Waals surface area contributed by atoms with Crippen LogP contribution in [0.1, 0.15) is 22.6 Å². The SMILES string of the molecule is COc1ccc(N(C(=O)C(c2ccccc2)c2ccccc2)S(=O)(=O)c2ccc(C)cc2)cc1Cl. The maximum Gasteiger partial charge on any atom is 0.270 e. The normalized spacial score (nSPS) is 11.3. The van der Waals surface area contributed by atoms with Crippen molar-refractivity contribution in [3.8, 4) is 5.75 Å². The highest BCUT2D eigenvalue weighted by atomic mass is 35.5. The first-order valence-corrected chi connectivity index (χ1v) is 12.7. The van der Waals surface area contributed by atoms with Crippen molar-refractivity contribution < 1.29 is 17.9 Å². The first kappa shape index (κ1) is 24.5. The number of anilines is 1. The van der Waals surface area contributed by atoms with Crippen molar-refractivity contribution in [3.63, 3.8) is 0 Å². The molecular formula is C28H24ClNO4S. The largest absolute Gasteiger partial charge is 0.495 e. The van der Waals surface area contributed by atoms with E-state index < -0.39 is 21.8 Å². The van der Waals surface area contributed by atoms with Crippen molar-refractivity contribution >= 4 is 33.2 Å².